The third-order valence-corrected chi connectivity index (χ3v) is 4.74. The van der Waals surface area contributed by atoms with Crippen LogP contribution in [0.5, 0.6) is 5.75 Å². The molecule has 2 aromatic rings. The first kappa shape index (κ1) is 19.3. The molecule has 0 spiro atoms. The van der Waals surface area contributed by atoms with E-state index in [0.717, 1.165) is 16.9 Å². The van der Waals surface area contributed by atoms with Crippen LogP contribution in [0.1, 0.15) is 19.4 Å². The number of aromatic hydroxyl groups is 1. The van der Waals surface area contributed by atoms with Crippen molar-refractivity contribution < 1.29 is 14.6 Å². The number of anilines is 1. The molecule has 0 radical (unpaired) electrons. The minimum Gasteiger partial charge on any atom is -0.508 e. The zero-order valence-corrected chi connectivity index (χ0v) is 15.5. The Bertz CT molecular complexity index is 1040. The van der Waals surface area contributed by atoms with E-state index in [-0.39, 0.29) is 28.2 Å². The fourth-order valence-electron chi connectivity index (χ4n) is 2.22. The summed E-state index contributed by atoms with van der Waals surface area (Å²) in [4.78, 5) is 24.5. The lowest BCUT2D eigenvalue weighted by Crippen LogP contribution is -2.32. The fourth-order valence-corrected chi connectivity index (χ4v) is 3.30. The van der Waals surface area contributed by atoms with Crippen LogP contribution >= 0.6 is 11.3 Å². The van der Waals surface area contributed by atoms with E-state index in [4.69, 9.17) is 4.74 Å². The summed E-state index contributed by atoms with van der Waals surface area (Å²) >= 11 is 1.03. The van der Waals surface area contributed by atoms with Gasteiger partial charge in [-0.1, -0.05) is 6.07 Å². The molecule has 7 nitrogen and oxygen atoms in total. The van der Waals surface area contributed by atoms with E-state index in [1.54, 1.807) is 39.0 Å². The number of nitrogens with zero attached hydrogens (tertiary/aromatic N) is 2. The molecule has 0 aliphatic rings. The van der Waals surface area contributed by atoms with Crippen molar-refractivity contribution in [1.29, 1.82) is 5.26 Å². The number of nitriles is 1. The zero-order chi connectivity index (χ0) is 19.3. The Labute approximate surface area is 154 Å². The van der Waals surface area contributed by atoms with E-state index in [2.05, 4.69) is 5.32 Å². The standard InChI is InChI=1S/C18H19N3O4S/c1-4-21-16(23)15(10-20-12-7-6-11(3)14(22)8-12)26-17(21)13(9-19)18(24)25-5-2/h6-8,10,20,22H,4-5H2,1-3H3. The average molecular weight is 373 g/mol. The van der Waals surface area contributed by atoms with Crippen LogP contribution in [0.25, 0.3) is 11.8 Å². The molecule has 0 aliphatic heterocycles. The van der Waals surface area contributed by atoms with Crippen molar-refractivity contribution in [3.63, 3.8) is 0 Å². The Kier molecular flexibility index (Phi) is 6.20. The molecule has 1 aromatic heterocycles. The molecular weight excluding hydrogens is 354 g/mol. The van der Waals surface area contributed by atoms with Crippen molar-refractivity contribution >= 4 is 34.8 Å². The minimum absolute atomic E-state index is 0.142. The van der Waals surface area contributed by atoms with E-state index in [0.29, 0.717) is 16.8 Å². The molecule has 0 fully saturated rings. The number of aryl methyl sites for hydroxylation is 1. The molecule has 136 valence electrons. The van der Waals surface area contributed by atoms with Gasteiger partial charge in [-0.2, -0.15) is 5.26 Å². The van der Waals surface area contributed by atoms with Crippen LogP contribution in [0.2, 0.25) is 0 Å². The van der Waals surface area contributed by atoms with Gasteiger partial charge in [0.1, 0.15) is 21.0 Å². The van der Waals surface area contributed by atoms with Crippen molar-refractivity contribution in [3.05, 3.63) is 43.3 Å². The monoisotopic (exact) mass is 373 g/mol. The highest BCUT2D eigenvalue weighted by Gasteiger charge is 2.16. The number of phenolic OH excluding ortho intramolecular Hbond substituents is 1. The van der Waals surface area contributed by atoms with Crippen molar-refractivity contribution in [3.8, 4) is 11.8 Å². The van der Waals surface area contributed by atoms with E-state index in [1.165, 1.54) is 10.8 Å². The molecule has 0 bridgehead atoms. The molecule has 0 saturated heterocycles. The maximum Gasteiger partial charge on any atom is 0.351 e. The fraction of sp³-hybridized carbons (Fsp3) is 0.278. The summed E-state index contributed by atoms with van der Waals surface area (Å²) in [5.41, 5.74) is 0.849. The van der Waals surface area contributed by atoms with Crippen LogP contribution in [-0.4, -0.2) is 22.2 Å². The average Bonchev–Trinajstić information content (AvgIpc) is 2.92. The summed E-state index contributed by atoms with van der Waals surface area (Å²) < 4.78 is 6.85. The van der Waals surface area contributed by atoms with Crippen LogP contribution in [0.15, 0.2) is 23.0 Å². The number of carbonyl (C=O) groups is 1. The van der Waals surface area contributed by atoms with Crippen LogP contribution in [0.3, 0.4) is 0 Å². The first-order valence-electron chi connectivity index (χ1n) is 8.00. The second-order valence-electron chi connectivity index (χ2n) is 5.32. The van der Waals surface area contributed by atoms with Crippen molar-refractivity contribution in [1.82, 2.24) is 4.57 Å². The Morgan fingerprint density at radius 1 is 1.46 bits per heavy atom. The molecule has 2 rings (SSSR count). The lowest BCUT2D eigenvalue weighted by molar-refractivity contribution is -0.136. The van der Waals surface area contributed by atoms with E-state index < -0.39 is 5.97 Å². The summed E-state index contributed by atoms with van der Waals surface area (Å²) in [5.74, 6) is -0.606. The number of hydrogen-bond donors (Lipinski definition) is 2. The summed E-state index contributed by atoms with van der Waals surface area (Å²) in [6.07, 6.45) is 1.49. The molecule has 2 N–H and O–H groups in total. The van der Waals surface area contributed by atoms with Crippen LogP contribution in [-0.2, 0) is 16.1 Å². The predicted octanol–water partition coefficient (Wildman–Crippen LogP) is 1.03. The Hall–Kier alpha value is -3.05. The SMILES string of the molecule is CCOC(=O)C(C#N)=c1sc(=CNc2ccc(C)c(O)c2)c(=O)n1CC. The lowest BCUT2D eigenvalue weighted by Gasteiger charge is -2.02. The number of thiazole rings is 1. The highest BCUT2D eigenvalue weighted by atomic mass is 32.1. The number of ether oxygens (including phenoxy) is 1. The van der Waals surface area contributed by atoms with Gasteiger partial charge in [0.2, 0.25) is 0 Å². The number of carbonyl (C=O) groups excluding carboxylic acids is 1. The summed E-state index contributed by atoms with van der Waals surface area (Å²) in [5, 5.41) is 22.0. The Balaban J connectivity index is 2.56. The normalized spacial score (nSPS) is 12.5. The third kappa shape index (κ3) is 3.95. The Morgan fingerprint density at radius 3 is 2.77 bits per heavy atom. The van der Waals surface area contributed by atoms with E-state index >= 15 is 0 Å². The number of esters is 1. The molecule has 0 amide bonds. The molecule has 0 atom stereocenters. The number of hydrogen-bond acceptors (Lipinski definition) is 7. The highest BCUT2D eigenvalue weighted by Crippen LogP contribution is 2.20. The molecule has 1 aromatic carbocycles. The van der Waals surface area contributed by atoms with Crippen LogP contribution in [0, 0.1) is 18.3 Å². The van der Waals surface area contributed by atoms with E-state index in [9.17, 15) is 20.0 Å². The molecule has 1 heterocycles. The second kappa shape index (κ2) is 8.36. The molecular formula is C18H19N3O4S. The van der Waals surface area contributed by atoms with Gasteiger partial charge in [0, 0.05) is 24.5 Å². The number of rotatable bonds is 5. The molecule has 26 heavy (non-hydrogen) atoms. The largest absolute Gasteiger partial charge is 0.508 e. The van der Waals surface area contributed by atoms with Gasteiger partial charge in [0.15, 0.2) is 5.57 Å². The topological polar surface area (TPSA) is 104 Å². The maximum absolute atomic E-state index is 12.5. The number of benzene rings is 1. The first-order valence-corrected chi connectivity index (χ1v) is 8.82. The van der Waals surface area contributed by atoms with Gasteiger partial charge in [-0.15, -0.1) is 11.3 Å². The minimum atomic E-state index is -0.749. The lowest BCUT2D eigenvalue weighted by atomic mass is 10.2. The molecule has 0 unspecified atom stereocenters. The molecule has 0 aliphatic carbocycles. The van der Waals surface area contributed by atoms with Crippen LogP contribution in [0.4, 0.5) is 5.69 Å². The quantitative estimate of drug-likeness (QED) is 0.759. The van der Waals surface area contributed by atoms with E-state index in [1.807, 2.05) is 6.07 Å². The van der Waals surface area contributed by atoms with Crippen LogP contribution < -0.4 is 20.1 Å². The van der Waals surface area contributed by atoms with Gasteiger partial charge in [-0.3, -0.25) is 9.36 Å². The highest BCUT2D eigenvalue weighted by molar-refractivity contribution is 7.07. The number of phenols is 1. The van der Waals surface area contributed by atoms with Gasteiger partial charge in [0.25, 0.3) is 5.56 Å². The third-order valence-electron chi connectivity index (χ3n) is 3.61. The first-order chi connectivity index (χ1) is 12.4. The zero-order valence-electron chi connectivity index (χ0n) is 14.7. The summed E-state index contributed by atoms with van der Waals surface area (Å²) in [7, 11) is 0. The van der Waals surface area contributed by atoms with Gasteiger partial charge in [-0.25, -0.2) is 4.79 Å². The summed E-state index contributed by atoms with van der Waals surface area (Å²) in [6, 6.07) is 6.89. The number of nitrogens with one attached hydrogen (secondary N) is 1. The van der Waals surface area contributed by atoms with Gasteiger partial charge >= 0.3 is 5.97 Å². The Morgan fingerprint density at radius 2 is 2.19 bits per heavy atom. The van der Waals surface area contributed by atoms with Crippen molar-refractivity contribution in [2.45, 2.75) is 27.3 Å². The van der Waals surface area contributed by atoms with Crippen molar-refractivity contribution in [2.75, 3.05) is 11.9 Å². The second-order valence-corrected chi connectivity index (χ2v) is 6.35. The predicted molar refractivity (Wildman–Crippen MR) is 100 cm³/mol. The maximum atomic E-state index is 12.5. The molecule has 8 heteroatoms. The molecule has 0 saturated carbocycles. The smallest absolute Gasteiger partial charge is 0.351 e. The van der Waals surface area contributed by atoms with Crippen molar-refractivity contribution in [2.24, 2.45) is 0 Å². The summed E-state index contributed by atoms with van der Waals surface area (Å²) in [6.45, 7) is 5.64. The van der Waals surface area contributed by atoms with Gasteiger partial charge < -0.3 is 15.2 Å². The number of aromatic nitrogens is 1. The van der Waals surface area contributed by atoms with Gasteiger partial charge in [0.05, 0.1) is 6.61 Å². The van der Waals surface area contributed by atoms with Gasteiger partial charge in [-0.05, 0) is 32.4 Å².